The third-order valence-corrected chi connectivity index (χ3v) is 4.81. The van der Waals surface area contributed by atoms with Crippen molar-refractivity contribution in [3.63, 3.8) is 0 Å². The highest BCUT2D eigenvalue weighted by Crippen LogP contribution is 2.40. The highest BCUT2D eigenvalue weighted by molar-refractivity contribution is 6.03. The molecular weight excluding hydrogens is 328 g/mol. The van der Waals surface area contributed by atoms with Crippen LogP contribution in [0.1, 0.15) is 57.5 Å². The first-order chi connectivity index (χ1) is 12.5. The minimum atomic E-state index is -0.262. The summed E-state index contributed by atoms with van der Waals surface area (Å²) in [7, 11) is 0. The Bertz CT molecular complexity index is 949. The molecule has 0 atom stereocenters. The van der Waals surface area contributed by atoms with Crippen LogP contribution in [0.3, 0.4) is 0 Å². The van der Waals surface area contributed by atoms with E-state index in [4.69, 9.17) is 4.52 Å². The molecule has 0 unspecified atom stereocenters. The fraction of sp³-hybridized carbons (Fsp3) is 0.350. The van der Waals surface area contributed by atoms with Gasteiger partial charge in [0.05, 0.1) is 23.6 Å². The molecule has 1 fully saturated rings. The van der Waals surface area contributed by atoms with E-state index in [1.54, 1.807) is 6.07 Å². The van der Waals surface area contributed by atoms with Crippen LogP contribution in [-0.2, 0) is 6.54 Å². The van der Waals surface area contributed by atoms with Crippen molar-refractivity contribution >= 4 is 11.6 Å². The summed E-state index contributed by atoms with van der Waals surface area (Å²) in [6.45, 7) is 6.59. The number of aryl methyl sites for hydroxylation is 2. The number of aromatic nitrogens is 3. The number of amides is 1. The van der Waals surface area contributed by atoms with E-state index in [9.17, 15) is 4.79 Å². The summed E-state index contributed by atoms with van der Waals surface area (Å²) in [5, 5.41) is 11.4. The molecule has 0 spiro atoms. The number of carbonyl (C=O) groups excluding carboxylic acids is 1. The lowest BCUT2D eigenvalue weighted by Crippen LogP contribution is -2.13. The molecule has 0 saturated heterocycles. The number of hydrogen-bond donors (Lipinski definition) is 1. The Morgan fingerprint density at radius 3 is 2.65 bits per heavy atom. The fourth-order valence-electron chi connectivity index (χ4n) is 3.03. The molecule has 0 aliphatic heterocycles. The highest BCUT2D eigenvalue weighted by Gasteiger charge is 2.29. The first-order valence-electron chi connectivity index (χ1n) is 8.89. The number of anilines is 1. The van der Waals surface area contributed by atoms with Crippen LogP contribution < -0.4 is 5.32 Å². The Balaban J connectivity index is 1.51. The SMILES string of the molecule is Cc1ccc(Cn2nc(C)c(NC(=O)c3cc(C4CC4)on3)c2C)cc1. The van der Waals surface area contributed by atoms with Gasteiger partial charge in [-0.2, -0.15) is 5.10 Å². The largest absolute Gasteiger partial charge is 0.360 e. The molecule has 1 aliphatic rings. The maximum atomic E-state index is 12.5. The van der Waals surface area contributed by atoms with E-state index in [0.29, 0.717) is 18.2 Å². The molecule has 0 bridgehead atoms. The van der Waals surface area contributed by atoms with Crippen LogP contribution in [0.25, 0.3) is 0 Å². The molecular formula is C20H22N4O2. The van der Waals surface area contributed by atoms with E-state index in [2.05, 4.69) is 46.8 Å². The van der Waals surface area contributed by atoms with Crippen LogP contribution in [0.2, 0.25) is 0 Å². The number of nitrogens with one attached hydrogen (secondary N) is 1. The maximum absolute atomic E-state index is 12.5. The van der Waals surface area contributed by atoms with Crippen LogP contribution >= 0.6 is 0 Å². The molecule has 26 heavy (non-hydrogen) atoms. The second kappa shape index (κ2) is 6.44. The van der Waals surface area contributed by atoms with Crippen LogP contribution in [-0.4, -0.2) is 20.8 Å². The van der Waals surface area contributed by atoms with E-state index >= 15 is 0 Å². The van der Waals surface area contributed by atoms with Crippen LogP contribution in [0.15, 0.2) is 34.9 Å². The zero-order valence-electron chi connectivity index (χ0n) is 15.2. The quantitative estimate of drug-likeness (QED) is 0.755. The molecule has 1 amide bonds. The molecule has 2 aromatic heterocycles. The van der Waals surface area contributed by atoms with E-state index in [-0.39, 0.29) is 5.91 Å². The van der Waals surface area contributed by atoms with Crippen LogP contribution in [0.5, 0.6) is 0 Å². The summed E-state index contributed by atoms with van der Waals surface area (Å²) >= 11 is 0. The number of nitrogens with zero attached hydrogens (tertiary/aromatic N) is 3. The Morgan fingerprint density at radius 2 is 1.96 bits per heavy atom. The third-order valence-electron chi connectivity index (χ3n) is 4.81. The molecule has 1 aromatic carbocycles. The number of benzene rings is 1. The molecule has 1 N–H and O–H groups in total. The minimum absolute atomic E-state index is 0.262. The van der Waals surface area contributed by atoms with E-state index in [1.807, 2.05) is 18.5 Å². The number of rotatable bonds is 5. The molecule has 134 valence electrons. The Hall–Kier alpha value is -2.89. The summed E-state index contributed by atoms with van der Waals surface area (Å²) in [5.41, 5.74) is 5.16. The van der Waals surface area contributed by atoms with Gasteiger partial charge in [-0.15, -0.1) is 0 Å². The molecule has 1 saturated carbocycles. The van der Waals surface area contributed by atoms with Crippen molar-refractivity contribution in [1.29, 1.82) is 0 Å². The summed E-state index contributed by atoms with van der Waals surface area (Å²) in [6, 6.07) is 10.1. The predicted octanol–water partition coefficient (Wildman–Crippen LogP) is 3.97. The van der Waals surface area contributed by atoms with Gasteiger partial charge >= 0.3 is 0 Å². The van der Waals surface area contributed by atoms with Crippen molar-refractivity contribution in [2.45, 2.75) is 46.1 Å². The van der Waals surface area contributed by atoms with Gasteiger partial charge in [0.15, 0.2) is 5.69 Å². The molecule has 1 aliphatic carbocycles. The van der Waals surface area contributed by atoms with Crippen LogP contribution in [0, 0.1) is 20.8 Å². The van der Waals surface area contributed by atoms with Crippen molar-refractivity contribution in [2.24, 2.45) is 0 Å². The molecule has 6 heteroatoms. The summed E-state index contributed by atoms with van der Waals surface area (Å²) in [6.07, 6.45) is 2.22. The molecule has 2 heterocycles. The average molecular weight is 350 g/mol. The van der Waals surface area contributed by atoms with Gasteiger partial charge in [0.25, 0.3) is 5.91 Å². The second-order valence-electron chi connectivity index (χ2n) is 7.03. The Labute approximate surface area is 152 Å². The number of hydrogen-bond acceptors (Lipinski definition) is 4. The highest BCUT2D eigenvalue weighted by atomic mass is 16.5. The minimum Gasteiger partial charge on any atom is -0.360 e. The Kier molecular flexibility index (Phi) is 4.11. The van der Waals surface area contributed by atoms with Gasteiger partial charge in [-0.3, -0.25) is 9.48 Å². The summed E-state index contributed by atoms with van der Waals surface area (Å²) in [5.74, 6) is 0.977. The standard InChI is InChI=1S/C20H22N4O2/c1-12-4-6-15(7-5-12)11-24-14(3)19(13(2)22-24)21-20(25)17-10-18(26-23-17)16-8-9-16/h4-7,10,16H,8-9,11H2,1-3H3,(H,21,25). The van der Waals surface area contributed by atoms with Crippen molar-refractivity contribution in [2.75, 3.05) is 5.32 Å². The van der Waals surface area contributed by atoms with Gasteiger partial charge in [-0.25, -0.2) is 0 Å². The normalized spacial score (nSPS) is 13.8. The smallest absolute Gasteiger partial charge is 0.277 e. The topological polar surface area (TPSA) is 73.0 Å². The van der Waals surface area contributed by atoms with Gasteiger partial charge in [0.2, 0.25) is 0 Å². The van der Waals surface area contributed by atoms with E-state index in [1.165, 1.54) is 11.1 Å². The second-order valence-corrected chi connectivity index (χ2v) is 7.03. The van der Waals surface area contributed by atoms with Crippen LogP contribution in [0.4, 0.5) is 5.69 Å². The van der Waals surface area contributed by atoms with Gasteiger partial charge in [0.1, 0.15) is 5.76 Å². The van der Waals surface area contributed by atoms with Crippen molar-refractivity contribution in [1.82, 2.24) is 14.9 Å². The summed E-state index contributed by atoms with van der Waals surface area (Å²) < 4.78 is 7.18. The average Bonchev–Trinajstić information content (AvgIpc) is 3.30. The zero-order chi connectivity index (χ0) is 18.3. The van der Waals surface area contributed by atoms with E-state index in [0.717, 1.165) is 35.7 Å². The molecule has 0 radical (unpaired) electrons. The maximum Gasteiger partial charge on any atom is 0.277 e. The lowest BCUT2D eigenvalue weighted by molar-refractivity contribution is 0.101. The van der Waals surface area contributed by atoms with E-state index < -0.39 is 0 Å². The first-order valence-corrected chi connectivity index (χ1v) is 8.89. The lowest BCUT2D eigenvalue weighted by atomic mass is 10.1. The number of carbonyl (C=O) groups is 1. The zero-order valence-corrected chi connectivity index (χ0v) is 15.2. The molecule has 4 rings (SSSR count). The molecule has 3 aromatic rings. The monoisotopic (exact) mass is 350 g/mol. The summed E-state index contributed by atoms with van der Waals surface area (Å²) in [4.78, 5) is 12.5. The lowest BCUT2D eigenvalue weighted by Gasteiger charge is -2.07. The Morgan fingerprint density at radius 1 is 1.23 bits per heavy atom. The predicted molar refractivity (Wildman–Crippen MR) is 98.4 cm³/mol. The van der Waals surface area contributed by atoms with Gasteiger partial charge < -0.3 is 9.84 Å². The van der Waals surface area contributed by atoms with Gasteiger partial charge in [0, 0.05) is 12.0 Å². The van der Waals surface area contributed by atoms with Gasteiger partial charge in [-0.05, 0) is 39.2 Å². The van der Waals surface area contributed by atoms with Gasteiger partial charge in [-0.1, -0.05) is 35.0 Å². The van der Waals surface area contributed by atoms with Crippen molar-refractivity contribution in [3.05, 3.63) is 64.3 Å². The molecule has 6 nitrogen and oxygen atoms in total. The first kappa shape index (κ1) is 16.6. The van der Waals surface area contributed by atoms with Crippen molar-refractivity contribution < 1.29 is 9.32 Å². The van der Waals surface area contributed by atoms with Crippen molar-refractivity contribution in [3.8, 4) is 0 Å². The fourth-order valence-corrected chi connectivity index (χ4v) is 3.03. The third kappa shape index (κ3) is 3.27.